The number of fused-ring (bicyclic) bond motifs is 9. The Balaban J connectivity index is 1.04. The van der Waals surface area contributed by atoms with Crippen LogP contribution >= 0.6 is 11.3 Å². The van der Waals surface area contributed by atoms with Crippen LogP contribution in [0.25, 0.3) is 97.4 Å². The van der Waals surface area contributed by atoms with E-state index in [0.717, 1.165) is 55.0 Å². The van der Waals surface area contributed by atoms with Gasteiger partial charge >= 0.3 is 0 Å². The van der Waals surface area contributed by atoms with Gasteiger partial charge in [-0.3, -0.25) is 0 Å². The first-order valence-corrected chi connectivity index (χ1v) is 16.0. The number of para-hydroxylation sites is 1. The molecule has 3 heterocycles. The minimum Gasteiger partial charge on any atom is -0.456 e. The van der Waals surface area contributed by atoms with Crippen LogP contribution in [0.2, 0.25) is 0 Å². The maximum Gasteiger partial charge on any atom is 0.136 e. The fraction of sp³-hybridized carbons (Fsp3) is 0. The molecule has 3 aromatic heterocycles. The van der Waals surface area contributed by atoms with Crippen molar-refractivity contribution in [1.82, 2.24) is 0 Å². The third-order valence-corrected chi connectivity index (χ3v) is 10.2. The summed E-state index contributed by atoms with van der Waals surface area (Å²) in [6, 6.07) is 52.0. The fourth-order valence-corrected chi connectivity index (χ4v) is 8.05. The molecule has 0 aliphatic rings. The SMILES string of the molecule is c1ccc2c(c1)oc1cccc(-c3ccc4oc5ccc(-c6ccc(-c7ccc8c(c7)sc7ccccc78)cc6)cc5c4c3)c12. The zero-order valence-electron chi connectivity index (χ0n) is 24.1. The normalized spacial score (nSPS) is 12.0. The molecule has 10 rings (SSSR count). The Bertz CT molecular complexity index is 2760. The summed E-state index contributed by atoms with van der Waals surface area (Å²) in [5, 5.41) is 7.17. The number of hydrogen-bond acceptors (Lipinski definition) is 3. The predicted molar refractivity (Wildman–Crippen MR) is 190 cm³/mol. The highest BCUT2D eigenvalue weighted by atomic mass is 32.1. The topological polar surface area (TPSA) is 26.3 Å². The summed E-state index contributed by atoms with van der Waals surface area (Å²) < 4.78 is 15.1. The quantitative estimate of drug-likeness (QED) is 0.204. The average Bonchev–Trinajstić information content (AvgIpc) is 3.78. The zero-order valence-corrected chi connectivity index (χ0v) is 24.9. The van der Waals surface area contributed by atoms with Crippen LogP contribution in [0.1, 0.15) is 0 Å². The maximum atomic E-state index is 6.29. The molecule has 0 radical (unpaired) electrons. The van der Waals surface area contributed by atoms with Gasteiger partial charge in [0.05, 0.1) is 0 Å². The summed E-state index contributed by atoms with van der Waals surface area (Å²) in [5.41, 5.74) is 10.7. The molecule has 0 spiro atoms. The van der Waals surface area contributed by atoms with Crippen LogP contribution < -0.4 is 0 Å². The average molecular weight is 593 g/mol. The minimum atomic E-state index is 0.891. The lowest BCUT2D eigenvalue weighted by Crippen LogP contribution is -1.81. The molecule has 0 aliphatic carbocycles. The molecule has 0 saturated carbocycles. The Hall–Kier alpha value is -5.64. The minimum absolute atomic E-state index is 0.891. The van der Waals surface area contributed by atoms with E-state index in [-0.39, 0.29) is 0 Å². The van der Waals surface area contributed by atoms with Crippen LogP contribution in [0.4, 0.5) is 0 Å². The second kappa shape index (κ2) is 9.43. The van der Waals surface area contributed by atoms with Gasteiger partial charge in [0.1, 0.15) is 22.3 Å². The Kier molecular flexibility index (Phi) is 5.19. The van der Waals surface area contributed by atoms with E-state index in [1.54, 1.807) is 0 Å². The molecule has 0 fully saturated rings. The standard InChI is InChI=1S/C42H24O2S/c1-3-9-36-33(7-1)42-30(8-5-10-39(42)44-36)29-18-21-38-35(23-29)34-22-27(17-20-37(34)43-38)25-12-14-26(15-13-25)28-16-19-32-31-6-2-4-11-40(31)45-41(32)24-28/h1-24H. The molecular weight excluding hydrogens is 569 g/mol. The lowest BCUT2D eigenvalue weighted by atomic mass is 9.96. The monoisotopic (exact) mass is 592 g/mol. The van der Waals surface area contributed by atoms with Gasteiger partial charge in [-0.05, 0) is 81.9 Å². The second-order valence-corrected chi connectivity index (χ2v) is 12.8. The van der Waals surface area contributed by atoms with Crippen molar-refractivity contribution in [3.8, 4) is 33.4 Å². The first-order chi connectivity index (χ1) is 22.3. The lowest BCUT2D eigenvalue weighted by molar-refractivity contribution is 0.669. The molecule has 210 valence electrons. The Labute approximate surface area is 262 Å². The smallest absolute Gasteiger partial charge is 0.136 e. The van der Waals surface area contributed by atoms with Gasteiger partial charge in [-0.1, -0.05) is 97.1 Å². The second-order valence-electron chi connectivity index (χ2n) is 11.7. The third kappa shape index (κ3) is 3.81. The van der Waals surface area contributed by atoms with Gasteiger partial charge < -0.3 is 8.83 Å². The Morgan fingerprint density at radius 1 is 0.333 bits per heavy atom. The highest BCUT2D eigenvalue weighted by Crippen LogP contribution is 2.40. The van der Waals surface area contributed by atoms with E-state index in [1.807, 2.05) is 29.5 Å². The van der Waals surface area contributed by atoms with E-state index >= 15 is 0 Å². The summed E-state index contributed by atoms with van der Waals surface area (Å²) in [5.74, 6) is 0. The Morgan fingerprint density at radius 2 is 0.889 bits per heavy atom. The molecule has 0 unspecified atom stereocenters. The molecule has 0 aliphatic heterocycles. The highest BCUT2D eigenvalue weighted by Gasteiger charge is 2.15. The van der Waals surface area contributed by atoms with E-state index in [9.17, 15) is 0 Å². The van der Waals surface area contributed by atoms with Crippen molar-refractivity contribution in [2.24, 2.45) is 0 Å². The highest BCUT2D eigenvalue weighted by molar-refractivity contribution is 7.25. The zero-order chi connectivity index (χ0) is 29.5. The molecule has 0 N–H and O–H groups in total. The first-order valence-electron chi connectivity index (χ1n) is 15.2. The number of hydrogen-bond donors (Lipinski definition) is 0. The van der Waals surface area contributed by atoms with E-state index in [1.165, 1.54) is 42.4 Å². The van der Waals surface area contributed by atoms with Gasteiger partial charge in [-0.2, -0.15) is 0 Å². The number of benzene rings is 7. The molecule has 10 aromatic rings. The van der Waals surface area contributed by atoms with Crippen molar-refractivity contribution in [2.75, 3.05) is 0 Å². The van der Waals surface area contributed by atoms with Gasteiger partial charge in [-0.15, -0.1) is 11.3 Å². The van der Waals surface area contributed by atoms with Crippen LogP contribution in [0, 0.1) is 0 Å². The molecule has 7 aromatic carbocycles. The van der Waals surface area contributed by atoms with Crippen molar-refractivity contribution in [3.63, 3.8) is 0 Å². The summed E-state index contributed by atoms with van der Waals surface area (Å²) in [6.45, 7) is 0. The van der Waals surface area contributed by atoms with Gasteiger partial charge in [0.2, 0.25) is 0 Å². The third-order valence-electron chi connectivity index (χ3n) is 9.11. The molecule has 0 amide bonds. The molecule has 0 bridgehead atoms. The molecule has 45 heavy (non-hydrogen) atoms. The largest absolute Gasteiger partial charge is 0.456 e. The van der Waals surface area contributed by atoms with Crippen LogP contribution in [0.3, 0.4) is 0 Å². The van der Waals surface area contributed by atoms with Crippen LogP contribution in [-0.2, 0) is 0 Å². The van der Waals surface area contributed by atoms with E-state index < -0.39 is 0 Å². The van der Waals surface area contributed by atoms with Gasteiger partial charge in [-0.25, -0.2) is 0 Å². The number of rotatable bonds is 3. The van der Waals surface area contributed by atoms with Crippen molar-refractivity contribution >= 4 is 75.4 Å². The lowest BCUT2D eigenvalue weighted by Gasteiger charge is -2.06. The van der Waals surface area contributed by atoms with Crippen LogP contribution in [0.15, 0.2) is 154 Å². The number of thiophene rings is 1. The molecule has 2 nitrogen and oxygen atoms in total. The molecular formula is C42H24O2S. The van der Waals surface area contributed by atoms with Crippen molar-refractivity contribution in [2.45, 2.75) is 0 Å². The summed E-state index contributed by atoms with van der Waals surface area (Å²) in [4.78, 5) is 0. The predicted octanol–water partition coefficient (Wildman–Crippen LogP) is 12.9. The number of furan rings is 2. The van der Waals surface area contributed by atoms with Crippen LogP contribution in [0.5, 0.6) is 0 Å². The molecule has 0 saturated heterocycles. The van der Waals surface area contributed by atoms with Gasteiger partial charge in [0.25, 0.3) is 0 Å². The van der Waals surface area contributed by atoms with E-state index in [0.29, 0.717) is 0 Å². The summed E-state index contributed by atoms with van der Waals surface area (Å²) >= 11 is 1.86. The van der Waals surface area contributed by atoms with Crippen LogP contribution in [-0.4, -0.2) is 0 Å². The Morgan fingerprint density at radius 3 is 1.71 bits per heavy atom. The summed E-state index contributed by atoms with van der Waals surface area (Å²) in [6.07, 6.45) is 0. The first kappa shape index (κ1) is 24.8. The molecule has 3 heteroatoms. The van der Waals surface area contributed by atoms with Crippen molar-refractivity contribution in [1.29, 1.82) is 0 Å². The molecule has 0 atom stereocenters. The van der Waals surface area contributed by atoms with E-state index in [4.69, 9.17) is 8.83 Å². The van der Waals surface area contributed by atoms with E-state index in [2.05, 4.69) is 127 Å². The van der Waals surface area contributed by atoms with Crippen molar-refractivity contribution < 1.29 is 8.83 Å². The van der Waals surface area contributed by atoms with Crippen molar-refractivity contribution in [3.05, 3.63) is 146 Å². The fourth-order valence-electron chi connectivity index (χ4n) is 6.90. The summed E-state index contributed by atoms with van der Waals surface area (Å²) in [7, 11) is 0. The van der Waals surface area contributed by atoms with Gasteiger partial charge in [0, 0.05) is 41.7 Å². The van der Waals surface area contributed by atoms with Gasteiger partial charge in [0.15, 0.2) is 0 Å². The maximum absolute atomic E-state index is 6.29.